The molecule has 1 aromatic carbocycles. The van der Waals surface area contributed by atoms with Gasteiger partial charge in [-0.3, -0.25) is 0 Å². The SMILES string of the molecule is C=CCNc1ccc2c(c1)C(C)(C)CC2. The van der Waals surface area contributed by atoms with Crippen LogP contribution < -0.4 is 5.32 Å². The monoisotopic (exact) mass is 201 g/mol. The Kier molecular flexibility index (Phi) is 2.56. The third-order valence-corrected chi connectivity index (χ3v) is 3.31. The quantitative estimate of drug-likeness (QED) is 0.738. The van der Waals surface area contributed by atoms with Gasteiger partial charge in [0.1, 0.15) is 0 Å². The molecule has 1 heteroatoms. The molecule has 1 N–H and O–H groups in total. The predicted octanol–water partition coefficient (Wildman–Crippen LogP) is 3.51. The van der Waals surface area contributed by atoms with Gasteiger partial charge in [0, 0.05) is 12.2 Å². The molecule has 0 heterocycles. The number of benzene rings is 1. The van der Waals surface area contributed by atoms with Crippen molar-refractivity contribution < 1.29 is 0 Å². The van der Waals surface area contributed by atoms with E-state index in [-0.39, 0.29) is 0 Å². The van der Waals surface area contributed by atoms with Crippen LogP contribution in [-0.2, 0) is 11.8 Å². The Labute approximate surface area is 92.2 Å². The molecule has 0 spiro atoms. The Morgan fingerprint density at radius 2 is 2.27 bits per heavy atom. The summed E-state index contributed by atoms with van der Waals surface area (Å²) in [6, 6.07) is 6.73. The van der Waals surface area contributed by atoms with Crippen molar-refractivity contribution in [1.29, 1.82) is 0 Å². The molecule has 1 aliphatic rings. The highest BCUT2D eigenvalue weighted by atomic mass is 14.9. The minimum Gasteiger partial charge on any atom is -0.382 e. The summed E-state index contributed by atoms with van der Waals surface area (Å²) in [6.07, 6.45) is 4.38. The molecule has 15 heavy (non-hydrogen) atoms. The maximum atomic E-state index is 3.71. The maximum Gasteiger partial charge on any atom is 0.0345 e. The van der Waals surface area contributed by atoms with Crippen molar-refractivity contribution >= 4 is 5.69 Å². The van der Waals surface area contributed by atoms with Gasteiger partial charge in [0.15, 0.2) is 0 Å². The van der Waals surface area contributed by atoms with E-state index in [0.29, 0.717) is 5.41 Å². The minimum absolute atomic E-state index is 0.348. The summed E-state index contributed by atoms with van der Waals surface area (Å²) in [6.45, 7) is 9.21. The third kappa shape index (κ3) is 1.92. The van der Waals surface area contributed by atoms with Crippen LogP contribution in [0.4, 0.5) is 5.69 Å². The third-order valence-electron chi connectivity index (χ3n) is 3.31. The zero-order valence-electron chi connectivity index (χ0n) is 9.64. The molecular weight excluding hydrogens is 182 g/mol. The summed E-state index contributed by atoms with van der Waals surface area (Å²) < 4.78 is 0. The maximum absolute atomic E-state index is 3.71. The fourth-order valence-electron chi connectivity index (χ4n) is 2.31. The molecule has 0 aromatic heterocycles. The molecule has 1 aliphatic carbocycles. The van der Waals surface area contributed by atoms with Crippen LogP contribution in [0.2, 0.25) is 0 Å². The highest BCUT2D eigenvalue weighted by Gasteiger charge is 2.29. The normalized spacial score (nSPS) is 17.2. The van der Waals surface area contributed by atoms with Gasteiger partial charge in [-0.1, -0.05) is 26.0 Å². The highest BCUT2D eigenvalue weighted by Crippen LogP contribution is 2.39. The number of hydrogen-bond acceptors (Lipinski definition) is 1. The average molecular weight is 201 g/mol. The lowest BCUT2D eigenvalue weighted by Gasteiger charge is -2.19. The summed E-state index contributed by atoms with van der Waals surface area (Å²) >= 11 is 0. The molecule has 0 aliphatic heterocycles. The lowest BCUT2D eigenvalue weighted by atomic mass is 9.86. The number of hydrogen-bond donors (Lipinski definition) is 1. The summed E-state index contributed by atoms with van der Waals surface area (Å²) in [7, 11) is 0. The Balaban J connectivity index is 2.29. The van der Waals surface area contributed by atoms with Gasteiger partial charge < -0.3 is 5.32 Å². The Bertz CT molecular complexity index is 377. The van der Waals surface area contributed by atoms with Gasteiger partial charge in [0.05, 0.1) is 0 Å². The van der Waals surface area contributed by atoms with Crippen LogP contribution in [0.25, 0.3) is 0 Å². The van der Waals surface area contributed by atoms with Crippen molar-refractivity contribution in [2.24, 2.45) is 0 Å². The molecule has 0 radical (unpaired) electrons. The first-order valence-electron chi connectivity index (χ1n) is 5.62. The zero-order valence-corrected chi connectivity index (χ0v) is 9.64. The van der Waals surface area contributed by atoms with Gasteiger partial charge in [0.2, 0.25) is 0 Å². The number of anilines is 1. The van der Waals surface area contributed by atoms with E-state index in [1.165, 1.54) is 29.7 Å². The minimum atomic E-state index is 0.348. The number of aryl methyl sites for hydroxylation is 1. The van der Waals surface area contributed by atoms with Gasteiger partial charge in [-0.05, 0) is 41.5 Å². The average Bonchev–Trinajstić information content (AvgIpc) is 2.52. The molecule has 0 atom stereocenters. The second-order valence-electron chi connectivity index (χ2n) is 4.93. The smallest absolute Gasteiger partial charge is 0.0345 e. The number of rotatable bonds is 3. The van der Waals surface area contributed by atoms with Gasteiger partial charge in [-0.25, -0.2) is 0 Å². The molecule has 0 saturated carbocycles. The molecule has 80 valence electrons. The van der Waals surface area contributed by atoms with Crippen molar-refractivity contribution in [2.75, 3.05) is 11.9 Å². The van der Waals surface area contributed by atoms with E-state index in [2.05, 4.69) is 43.9 Å². The first-order valence-corrected chi connectivity index (χ1v) is 5.62. The number of fused-ring (bicyclic) bond motifs is 1. The van der Waals surface area contributed by atoms with Crippen LogP contribution >= 0.6 is 0 Å². The largest absolute Gasteiger partial charge is 0.382 e. The lowest BCUT2D eigenvalue weighted by molar-refractivity contribution is 0.522. The van der Waals surface area contributed by atoms with Crippen molar-refractivity contribution in [1.82, 2.24) is 0 Å². The van der Waals surface area contributed by atoms with Crippen LogP contribution in [0.15, 0.2) is 30.9 Å². The van der Waals surface area contributed by atoms with Crippen LogP contribution in [-0.4, -0.2) is 6.54 Å². The molecule has 1 aromatic rings. The molecular formula is C14H19N. The topological polar surface area (TPSA) is 12.0 Å². The van der Waals surface area contributed by atoms with Crippen LogP contribution in [0.5, 0.6) is 0 Å². The number of nitrogens with one attached hydrogen (secondary N) is 1. The van der Waals surface area contributed by atoms with E-state index in [1.54, 1.807) is 0 Å². The molecule has 0 saturated heterocycles. The second-order valence-corrected chi connectivity index (χ2v) is 4.93. The van der Waals surface area contributed by atoms with Crippen molar-refractivity contribution in [3.8, 4) is 0 Å². The molecule has 2 rings (SSSR count). The van der Waals surface area contributed by atoms with E-state index in [9.17, 15) is 0 Å². The first-order chi connectivity index (χ1) is 7.13. The van der Waals surface area contributed by atoms with E-state index in [1.807, 2.05) is 6.08 Å². The van der Waals surface area contributed by atoms with E-state index in [4.69, 9.17) is 0 Å². The van der Waals surface area contributed by atoms with E-state index in [0.717, 1.165) is 6.54 Å². The standard InChI is InChI=1S/C14H19N/c1-4-9-15-12-6-5-11-7-8-14(2,3)13(11)10-12/h4-6,10,15H,1,7-9H2,2-3H3. The molecule has 1 nitrogen and oxygen atoms in total. The van der Waals surface area contributed by atoms with E-state index < -0.39 is 0 Å². The predicted molar refractivity (Wildman–Crippen MR) is 66.5 cm³/mol. The molecule has 0 unspecified atom stereocenters. The summed E-state index contributed by atoms with van der Waals surface area (Å²) in [4.78, 5) is 0. The summed E-state index contributed by atoms with van der Waals surface area (Å²) in [5.74, 6) is 0. The van der Waals surface area contributed by atoms with Gasteiger partial charge in [-0.15, -0.1) is 6.58 Å². The lowest BCUT2D eigenvalue weighted by Crippen LogP contribution is -2.12. The Morgan fingerprint density at radius 3 is 3.00 bits per heavy atom. The Hall–Kier alpha value is -1.24. The molecule has 0 fully saturated rings. The zero-order chi connectivity index (χ0) is 10.9. The highest BCUT2D eigenvalue weighted by molar-refractivity contribution is 5.52. The van der Waals surface area contributed by atoms with E-state index >= 15 is 0 Å². The van der Waals surface area contributed by atoms with Gasteiger partial charge in [0.25, 0.3) is 0 Å². The summed E-state index contributed by atoms with van der Waals surface area (Å²) in [5, 5.41) is 3.34. The fraction of sp³-hybridized carbons (Fsp3) is 0.429. The van der Waals surface area contributed by atoms with Crippen LogP contribution in [0.1, 0.15) is 31.4 Å². The first kappa shape index (κ1) is 10.3. The van der Waals surface area contributed by atoms with Crippen molar-refractivity contribution in [2.45, 2.75) is 32.1 Å². The van der Waals surface area contributed by atoms with Crippen LogP contribution in [0, 0.1) is 0 Å². The van der Waals surface area contributed by atoms with Crippen LogP contribution in [0.3, 0.4) is 0 Å². The van der Waals surface area contributed by atoms with Crippen molar-refractivity contribution in [3.05, 3.63) is 42.0 Å². The molecule has 0 amide bonds. The Morgan fingerprint density at radius 1 is 1.47 bits per heavy atom. The van der Waals surface area contributed by atoms with Gasteiger partial charge in [-0.2, -0.15) is 0 Å². The van der Waals surface area contributed by atoms with Crippen molar-refractivity contribution in [3.63, 3.8) is 0 Å². The fourth-order valence-corrected chi connectivity index (χ4v) is 2.31. The van der Waals surface area contributed by atoms with Gasteiger partial charge >= 0.3 is 0 Å². The molecule has 0 bridgehead atoms. The summed E-state index contributed by atoms with van der Waals surface area (Å²) in [5.41, 5.74) is 4.59. The second kappa shape index (κ2) is 3.73.